The third-order valence-electron chi connectivity index (χ3n) is 2.04. The minimum absolute atomic E-state index is 0.351. The summed E-state index contributed by atoms with van der Waals surface area (Å²) in [6.07, 6.45) is -0.00228. The maximum Gasteiger partial charge on any atom is 0.300 e. The molecule has 6 heteroatoms. The molecule has 1 amide bonds. The summed E-state index contributed by atoms with van der Waals surface area (Å²) >= 11 is 1.23. The van der Waals surface area contributed by atoms with Gasteiger partial charge in [0, 0.05) is 13.2 Å². The molecule has 0 fully saturated rings. The highest BCUT2D eigenvalue weighted by Crippen LogP contribution is 2.14. The van der Waals surface area contributed by atoms with E-state index in [4.69, 9.17) is 9.47 Å². The van der Waals surface area contributed by atoms with E-state index < -0.39 is 0 Å². The normalized spacial score (nSPS) is 10.1. The Morgan fingerprint density at radius 3 is 2.68 bits per heavy atom. The molecule has 1 N–H and O–H groups in total. The van der Waals surface area contributed by atoms with Gasteiger partial charge in [0.1, 0.15) is 5.00 Å². The summed E-state index contributed by atoms with van der Waals surface area (Å²) < 4.78 is 14.7. The monoisotopic (exact) mass is 282 g/mol. The quantitative estimate of drug-likeness (QED) is 0.642. The number of nitrogens with zero attached hydrogens (tertiary/aromatic N) is 1. The van der Waals surface area contributed by atoms with E-state index in [0.717, 1.165) is 5.69 Å². The molecule has 0 spiro atoms. The van der Waals surface area contributed by atoms with Crippen LogP contribution in [0.2, 0.25) is 0 Å². The summed E-state index contributed by atoms with van der Waals surface area (Å²) in [4.78, 5) is 11.5. The molecule has 0 unspecified atom stereocenters. The van der Waals surface area contributed by atoms with Crippen LogP contribution in [0.4, 0.5) is 5.00 Å². The number of carbonyl (C=O) groups excluding carboxylic acids is 1. The van der Waals surface area contributed by atoms with E-state index in [1.165, 1.54) is 11.5 Å². The van der Waals surface area contributed by atoms with Crippen molar-refractivity contribution < 1.29 is 14.3 Å². The maximum absolute atomic E-state index is 11.5. The maximum atomic E-state index is 11.5. The van der Waals surface area contributed by atoms with Crippen molar-refractivity contribution in [3.8, 4) is 11.8 Å². The van der Waals surface area contributed by atoms with Crippen LogP contribution in [-0.2, 0) is 14.3 Å². The Hall–Kier alpha value is -1.42. The average Bonchev–Trinajstić information content (AvgIpc) is 2.75. The van der Waals surface area contributed by atoms with Gasteiger partial charge in [-0.3, -0.25) is 4.79 Å². The van der Waals surface area contributed by atoms with Crippen LogP contribution in [-0.4, -0.2) is 29.8 Å². The standard InChI is InChI=1S/C13H18N2O3S/c1-4-17-13(18-5-2)8-6-7-11(16)14-12-9-10(3)15-19-12/h9,13H,4-5,8H2,1-3H3,(H,14,16). The lowest BCUT2D eigenvalue weighted by molar-refractivity contribution is -0.131. The highest BCUT2D eigenvalue weighted by molar-refractivity contribution is 7.10. The molecule has 19 heavy (non-hydrogen) atoms. The van der Waals surface area contributed by atoms with Crippen molar-refractivity contribution >= 4 is 22.4 Å². The number of nitrogens with one attached hydrogen (secondary N) is 1. The lowest BCUT2D eigenvalue weighted by atomic mass is 10.4. The zero-order chi connectivity index (χ0) is 14.1. The Kier molecular flexibility index (Phi) is 7.11. The molecule has 0 radical (unpaired) electrons. The van der Waals surface area contributed by atoms with Crippen LogP contribution in [0.1, 0.15) is 26.0 Å². The molecule has 0 saturated carbocycles. The molecule has 0 aliphatic heterocycles. The zero-order valence-corrected chi connectivity index (χ0v) is 12.2. The Bertz CT molecular complexity index is 456. The van der Waals surface area contributed by atoms with Crippen LogP contribution < -0.4 is 5.32 Å². The van der Waals surface area contributed by atoms with Gasteiger partial charge in [-0.05, 0) is 44.3 Å². The van der Waals surface area contributed by atoms with E-state index in [1.807, 2.05) is 20.8 Å². The number of hydrogen-bond donors (Lipinski definition) is 1. The van der Waals surface area contributed by atoms with E-state index in [9.17, 15) is 4.79 Å². The number of ether oxygens (including phenoxy) is 2. The fourth-order valence-electron chi connectivity index (χ4n) is 1.32. The summed E-state index contributed by atoms with van der Waals surface area (Å²) in [6.45, 7) is 6.75. The number of aryl methyl sites for hydroxylation is 1. The van der Waals surface area contributed by atoms with Crippen LogP contribution >= 0.6 is 11.5 Å². The van der Waals surface area contributed by atoms with Crippen LogP contribution in [0.25, 0.3) is 0 Å². The fraction of sp³-hybridized carbons (Fsp3) is 0.538. The first-order valence-corrected chi connectivity index (χ1v) is 6.89. The third-order valence-corrected chi connectivity index (χ3v) is 2.84. The molecule has 0 bridgehead atoms. The number of carbonyl (C=O) groups is 1. The van der Waals surface area contributed by atoms with Crippen LogP contribution in [0.5, 0.6) is 0 Å². The van der Waals surface area contributed by atoms with Gasteiger partial charge in [0.05, 0.1) is 12.1 Å². The van der Waals surface area contributed by atoms with E-state index in [0.29, 0.717) is 24.6 Å². The molecule has 0 aliphatic carbocycles. The van der Waals surface area contributed by atoms with Gasteiger partial charge in [-0.25, -0.2) is 0 Å². The number of aromatic nitrogens is 1. The first kappa shape index (κ1) is 15.6. The third kappa shape index (κ3) is 6.34. The van der Waals surface area contributed by atoms with Crippen molar-refractivity contribution in [1.82, 2.24) is 4.37 Å². The predicted octanol–water partition coefficient (Wildman–Crippen LogP) is 2.18. The van der Waals surface area contributed by atoms with Gasteiger partial charge in [0.2, 0.25) is 0 Å². The zero-order valence-electron chi connectivity index (χ0n) is 11.4. The fourth-order valence-corrected chi connectivity index (χ4v) is 1.97. The van der Waals surface area contributed by atoms with Gasteiger partial charge in [-0.2, -0.15) is 4.37 Å². The van der Waals surface area contributed by atoms with Crippen molar-refractivity contribution in [2.24, 2.45) is 0 Å². The molecular formula is C13H18N2O3S. The molecule has 104 valence electrons. The molecule has 0 aromatic carbocycles. The molecule has 1 rings (SSSR count). The van der Waals surface area contributed by atoms with Crippen LogP contribution in [0.3, 0.4) is 0 Å². The largest absolute Gasteiger partial charge is 0.352 e. The van der Waals surface area contributed by atoms with Gasteiger partial charge in [-0.1, -0.05) is 5.92 Å². The Labute approximate surface area is 117 Å². The topological polar surface area (TPSA) is 60.5 Å². The first-order chi connectivity index (χ1) is 9.15. The minimum atomic E-state index is -0.374. The number of anilines is 1. The average molecular weight is 282 g/mol. The molecular weight excluding hydrogens is 264 g/mol. The number of amides is 1. The SMILES string of the molecule is CCOC(CC#CC(=O)Nc1cc(C)ns1)OCC. The smallest absolute Gasteiger partial charge is 0.300 e. The van der Waals surface area contributed by atoms with Crippen molar-refractivity contribution in [3.05, 3.63) is 11.8 Å². The molecule has 0 aliphatic rings. The number of rotatable bonds is 6. The molecule has 5 nitrogen and oxygen atoms in total. The van der Waals surface area contributed by atoms with Crippen LogP contribution in [0.15, 0.2) is 6.07 Å². The highest BCUT2D eigenvalue weighted by Gasteiger charge is 2.05. The van der Waals surface area contributed by atoms with Gasteiger partial charge >= 0.3 is 5.91 Å². The molecule has 1 aromatic rings. The molecule has 1 aromatic heterocycles. The summed E-state index contributed by atoms with van der Waals surface area (Å²) in [5, 5.41) is 3.36. The van der Waals surface area contributed by atoms with Crippen LogP contribution in [0, 0.1) is 18.8 Å². The summed E-state index contributed by atoms with van der Waals surface area (Å²) in [6, 6.07) is 1.80. The highest BCUT2D eigenvalue weighted by atomic mass is 32.1. The van der Waals surface area contributed by atoms with E-state index in [-0.39, 0.29) is 12.2 Å². The second kappa shape index (κ2) is 8.64. The second-order valence-electron chi connectivity index (χ2n) is 3.63. The van der Waals surface area contributed by atoms with Gasteiger partial charge < -0.3 is 14.8 Å². The Morgan fingerprint density at radius 1 is 1.47 bits per heavy atom. The number of hydrogen-bond acceptors (Lipinski definition) is 5. The summed E-state index contributed by atoms with van der Waals surface area (Å²) in [5.74, 6) is 4.91. The van der Waals surface area contributed by atoms with Gasteiger partial charge in [0.25, 0.3) is 0 Å². The summed E-state index contributed by atoms with van der Waals surface area (Å²) in [7, 11) is 0. The van der Waals surface area contributed by atoms with Crippen molar-refractivity contribution in [2.75, 3.05) is 18.5 Å². The lowest BCUT2D eigenvalue weighted by Crippen LogP contribution is -2.16. The van der Waals surface area contributed by atoms with E-state index in [2.05, 4.69) is 21.5 Å². The van der Waals surface area contributed by atoms with Crippen molar-refractivity contribution in [3.63, 3.8) is 0 Å². The molecule has 1 heterocycles. The lowest BCUT2D eigenvalue weighted by Gasteiger charge is -2.13. The van der Waals surface area contributed by atoms with Crippen molar-refractivity contribution in [2.45, 2.75) is 33.5 Å². The summed E-state index contributed by atoms with van der Waals surface area (Å²) in [5.41, 5.74) is 0.876. The second-order valence-corrected chi connectivity index (χ2v) is 4.44. The Morgan fingerprint density at radius 2 is 2.16 bits per heavy atom. The first-order valence-electron chi connectivity index (χ1n) is 6.12. The predicted molar refractivity (Wildman–Crippen MR) is 74.9 cm³/mol. The van der Waals surface area contributed by atoms with Gasteiger partial charge in [-0.15, -0.1) is 0 Å². The Balaban J connectivity index is 2.41. The minimum Gasteiger partial charge on any atom is -0.352 e. The van der Waals surface area contributed by atoms with E-state index >= 15 is 0 Å². The molecule has 0 atom stereocenters. The van der Waals surface area contributed by atoms with Crippen molar-refractivity contribution in [1.29, 1.82) is 0 Å². The van der Waals surface area contributed by atoms with Gasteiger partial charge in [0.15, 0.2) is 6.29 Å². The van der Waals surface area contributed by atoms with E-state index in [1.54, 1.807) is 6.07 Å². The molecule has 0 saturated heterocycles.